The van der Waals surface area contributed by atoms with Gasteiger partial charge in [-0.1, -0.05) is 12.5 Å². The molecule has 1 aromatic heterocycles. The average Bonchev–Trinajstić information content (AvgIpc) is 3.22. The molecule has 0 radical (unpaired) electrons. The second-order valence-electron chi connectivity index (χ2n) is 7.91. The van der Waals surface area contributed by atoms with Crippen LogP contribution >= 0.6 is 0 Å². The molecular weight excluding hydrogens is 400 g/mol. The van der Waals surface area contributed by atoms with Gasteiger partial charge in [0.2, 0.25) is 0 Å². The number of phenolic OH excluding ortho intramolecular Hbond substituents is 1. The van der Waals surface area contributed by atoms with Gasteiger partial charge >= 0.3 is 5.97 Å². The number of ether oxygens (including phenoxy) is 2. The Balaban J connectivity index is 1.84. The van der Waals surface area contributed by atoms with E-state index in [1.807, 2.05) is 6.07 Å². The number of hydrogen-bond acceptors (Lipinski definition) is 9. The van der Waals surface area contributed by atoms with Crippen molar-refractivity contribution in [2.75, 3.05) is 26.8 Å². The first-order chi connectivity index (χ1) is 15.0. The number of aromatic nitrogens is 4. The number of nitrogens with zero attached hydrogens (tertiary/aromatic N) is 4. The molecule has 170 valence electrons. The fourth-order valence-electron chi connectivity index (χ4n) is 4.19. The lowest BCUT2D eigenvalue weighted by molar-refractivity contribution is -0.144. The predicted octanol–water partition coefficient (Wildman–Crippen LogP) is 1.39. The summed E-state index contributed by atoms with van der Waals surface area (Å²) in [5, 5.41) is 25.8. The number of benzene rings is 1. The van der Waals surface area contributed by atoms with Crippen molar-refractivity contribution in [2.45, 2.75) is 45.2 Å². The maximum Gasteiger partial charge on any atom is 0.327 e. The summed E-state index contributed by atoms with van der Waals surface area (Å²) in [5.74, 6) is 1.52. The smallest absolute Gasteiger partial charge is 0.327 e. The SMILES string of the molecule is CCOC(=O)Cn1nnnc1C(NCC1CCCC(CN)C1)c1ccc(OC)c(O)c1. The van der Waals surface area contributed by atoms with E-state index in [1.54, 1.807) is 19.1 Å². The van der Waals surface area contributed by atoms with Crippen LogP contribution in [-0.4, -0.2) is 58.1 Å². The molecule has 3 rings (SSSR count). The van der Waals surface area contributed by atoms with Crippen LogP contribution in [0.4, 0.5) is 0 Å². The molecule has 10 nitrogen and oxygen atoms in total. The summed E-state index contributed by atoms with van der Waals surface area (Å²) in [7, 11) is 1.50. The monoisotopic (exact) mass is 432 g/mol. The summed E-state index contributed by atoms with van der Waals surface area (Å²) in [6.07, 6.45) is 4.57. The minimum absolute atomic E-state index is 0.0251. The molecule has 4 N–H and O–H groups in total. The van der Waals surface area contributed by atoms with Crippen LogP contribution in [0.5, 0.6) is 11.5 Å². The summed E-state index contributed by atoms with van der Waals surface area (Å²) < 4.78 is 11.6. The van der Waals surface area contributed by atoms with Gasteiger partial charge in [-0.15, -0.1) is 5.10 Å². The molecule has 3 atom stereocenters. The van der Waals surface area contributed by atoms with E-state index in [-0.39, 0.29) is 18.9 Å². The van der Waals surface area contributed by atoms with Crippen LogP contribution in [0, 0.1) is 11.8 Å². The molecule has 1 heterocycles. The van der Waals surface area contributed by atoms with E-state index in [9.17, 15) is 9.90 Å². The highest BCUT2D eigenvalue weighted by molar-refractivity contribution is 5.69. The molecule has 0 aliphatic heterocycles. The zero-order chi connectivity index (χ0) is 22.2. The quantitative estimate of drug-likeness (QED) is 0.476. The van der Waals surface area contributed by atoms with Gasteiger partial charge in [0, 0.05) is 0 Å². The van der Waals surface area contributed by atoms with Crippen LogP contribution in [0.1, 0.15) is 50.0 Å². The third-order valence-electron chi connectivity index (χ3n) is 5.77. The summed E-state index contributed by atoms with van der Waals surface area (Å²) in [5.41, 5.74) is 6.66. The molecule has 1 fully saturated rings. The van der Waals surface area contributed by atoms with Crippen LogP contribution in [0.15, 0.2) is 18.2 Å². The van der Waals surface area contributed by atoms with Crippen molar-refractivity contribution in [3.05, 3.63) is 29.6 Å². The number of hydrogen-bond donors (Lipinski definition) is 3. The van der Waals surface area contributed by atoms with E-state index in [1.165, 1.54) is 24.6 Å². The van der Waals surface area contributed by atoms with E-state index < -0.39 is 12.0 Å². The Labute approximate surface area is 182 Å². The molecule has 31 heavy (non-hydrogen) atoms. The maximum absolute atomic E-state index is 12.0. The first-order valence-electron chi connectivity index (χ1n) is 10.8. The lowest BCUT2D eigenvalue weighted by Gasteiger charge is -2.30. The van der Waals surface area contributed by atoms with E-state index in [0.717, 1.165) is 24.9 Å². The van der Waals surface area contributed by atoms with Gasteiger partial charge in [0.05, 0.1) is 19.8 Å². The van der Waals surface area contributed by atoms with Crippen molar-refractivity contribution in [1.29, 1.82) is 0 Å². The van der Waals surface area contributed by atoms with Crippen molar-refractivity contribution in [2.24, 2.45) is 17.6 Å². The number of nitrogens with one attached hydrogen (secondary N) is 1. The number of tetrazole rings is 1. The normalized spacial score (nSPS) is 19.7. The molecule has 1 aromatic carbocycles. The van der Waals surface area contributed by atoms with Crippen LogP contribution in [0.2, 0.25) is 0 Å². The van der Waals surface area contributed by atoms with Crippen molar-refractivity contribution in [3.8, 4) is 11.5 Å². The van der Waals surface area contributed by atoms with Crippen LogP contribution in [-0.2, 0) is 16.1 Å². The van der Waals surface area contributed by atoms with E-state index in [4.69, 9.17) is 15.2 Å². The number of methoxy groups -OCH3 is 1. The molecule has 1 saturated carbocycles. The Hall–Kier alpha value is -2.72. The Bertz CT molecular complexity index is 858. The first-order valence-corrected chi connectivity index (χ1v) is 10.8. The number of esters is 1. The molecule has 0 spiro atoms. The first kappa shape index (κ1) is 23.0. The molecule has 2 aromatic rings. The van der Waals surface area contributed by atoms with Crippen LogP contribution < -0.4 is 15.8 Å². The molecule has 0 saturated heterocycles. The van der Waals surface area contributed by atoms with Crippen molar-refractivity contribution < 1.29 is 19.4 Å². The van der Waals surface area contributed by atoms with Crippen LogP contribution in [0.25, 0.3) is 0 Å². The van der Waals surface area contributed by atoms with Gasteiger partial charge in [0.15, 0.2) is 17.3 Å². The van der Waals surface area contributed by atoms with E-state index >= 15 is 0 Å². The van der Waals surface area contributed by atoms with Crippen molar-refractivity contribution in [3.63, 3.8) is 0 Å². The molecular formula is C21H32N6O4. The fraction of sp³-hybridized carbons (Fsp3) is 0.619. The Morgan fingerprint density at radius 1 is 1.39 bits per heavy atom. The second kappa shape index (κ2) is 11.1. The Kier molecular flexibility index (Phi) is 8.19. The summed E-state index contributed by atoms with van der Waals surface area (Å²) in [4.78, 5) is 12.0. The standard InChI is InChI=1S/C21H32N6O4/c1-3-31-19(29)13-27-21(24-25-26-27)20(16-7-8-18(30-2)17(28)10-16)23-12-15-6-4-5-14(9-15)11-22/h7-8,10,14-15,20,23,28H,3-6,9,11-13,22H2,1-2H3. The number of rotatable bonds is 10. The molecule has 1 aliphatic carbocycles. The summed E-state index contributed by atoms with van der Waals surface area (Å²) in [6, 6.07) is 4.76. The molecule has 0 amide bonds. The molecule has 10 heteroatoms. The van der Waals surface area contributed by atoms with E-state index in [2.05, 4.69) is 20.8 Å². The van der Waals surface area contributed by atoms with Gasteiger partial charge in [0.25, 0.3) is 0 Å². The Morgan fingerprint density at radius 2 is 2.19 bits per heavy atom. The van der Waals surface area contributed by atoms with Gasteiger partial charge in [-0.3, -0.25) is 4.79 Å². The minimum atomic E-state index is -0.417. The van der Waals surface area contributed by atoms with Gasteiger partial charge in [-0.2, -0.15) is 0 Å². The van der Waals surface area contributed by atoms with Crippen LogP contribution in [0.3, 0.4) is 0 Å². The third kappa shape index (κ3) is 5.92. The number of carbonyl (C=O) groups excluding carboxylic acids is 1. The third-order valence-corrected chi connectivity index (χ3v) is 5.77. The summed E-state index contributed by atoms with van der Waals surface area (Å²) >= 11 is 0. The highest BCUT2D eigenvalue weighted by Gasteiger charge is 2.26. The van der Waals surface area contributed by atoms with Gasteiger partial charge in [-0.25, -0.2) is 4.68 Å². The lowest BCUT2D eigenvalue weighted by Crippen LogP contribution is -2.34. The average molecular weight is 433 g/mol. The molecule has 0 bridgehead atoms. The van der Waals surface area contributed by atoms with Gasteiger partial charge in [-0.05, 0) is 79.2 Å². The number of carbonyl (C=O) groups is 1. The lowest BCUT2D eigenvalue weighted by atomic mass is 9.81. The zero-order valence-corrected chi connectivity index (χ0v) is 18.2. The zero-order valence-electron chi connectivity index (χ0n) is 18.2. The van der Waals surface area contributed by atoms with Crippen molar-refractivity contribution >= 4 is 5.97 Å². The fourth-order valence-corrected chi connectivity index (χ4v) is 4.19. The molecule has 1 aliphatic rings. The maximum atomic E-state index is 12.0. The van der Waals surface area contributed by atoms with E-state index in [0.29, 0.717) is 30.0 Å². The number of nitrogens with two attached hydrogens (primary N) is 1. The largest absolute Gasteiger partial charge is 0.504 e. The predicted molar refractivity (Wildman–Crippen MR) is 113 cm³/mol. The highest BCUT2D eigenvalue weighted by Crippen LogP contribution is 2.32. The van der Waals surface area contributed by atoms with Crippen molar-refractivity contribution in [1.82, 2.24) is 25.5 Å². The topological polar surface area (TPSA) is 137 Å². The minimum Gasteiger partial charge on any atom is -0.504 e. The number of aromatic hydroxyl groups is 1. The highest BCUT2D eigenvalue weighted by atomic mass is 16.5. The van der Waals surface area contributed by atoms with Gasteiger partial charge < -0.3 is 25.6 Å². The molecule has 3 unspecified atom stereocenters. The number of phenols is 1. The summed E-state index contributed by atoms with van der Waals surface area (Å²) in [6.45, 7) is 3.41. The van der Waals surface area contributed by atoms with Gasteiger partial charge in [0.1, 0.15) is 6.54 Å². The second-order valence-corrected chi connectivity index (χ2v) is 7.91. The Morgan fingerprint density at radius 3 is 2.90 bits per heavy atom.